The molecule has 0 aliphatic heterocycles. The zero-order valence-electron chi connectivity index (χ0n) is 19.0. The first-order valence-corrected chi connectivity index (χ1v) is 11.0. The van der Waals surface area contributed by atoms with Crippen LogP contribution >= 0.6 is 0 Å². The van der Waals surface area contributed by atoms with Crippen LogP contribution in [0.5, 0.6) is 5.75 Å². The first kappa shape index (κ1) is 21.8. The van der Waals surface area contributed by atoms with Crippen LogP contribution in [0, 0.1) is 28.1 Å². The molecule has 2 aliphatic carbocycles. The summed E-state index contributed by atoms with van der Waals surface area (Å²) in [6.07, 6.45) is 3.43. The van der Waals surface area contributed by atoms with E-state index in [1.807, 2.05) is 36.4 Å². The fraction of sp³-hybridized carbons (Fsp3) is 0.480. The lowest BCUT2D eigenvalue weighted by molar-refractivity contribution is -0.125. The normalized spacial score (nSPS) is 24.3. The number of hydrogen-bond acceptors (Lipinski definition) is 6. The number of anilines is 1. The third-order valence-electron chi connectivity index (χ3n) is 7.75. The van der Waals surface area contributed by atoms with E-state index in [2.05, 4.69) is 43.0 Å². The Morgan fingerprint density at radius 1 is 1.06 bits per heavy atom. The van der Waals surface area contributed by atoms with Crippen LogP contribution in [0.15, 0.2) is 24.3 Å². The quantitative estimate of drug-likeness (QED) is 0.683. The van der Waals surface area contributed by atoms with Crippen molar-refractivity contribution in [2.45, 2.75) is 64.2 Å². The van der Waals surface area contributed by atoms with Gasteiger partial charge in [-0.3, -0.25) is 4.79 Å². The molecule has 164 valence electrons. The molecule has 1 heterocycles. The van der Waals surface area contributed by atoms with Gasteiger partial charge in [-0.05, 0) is 48.9 Å². The molecule has 32 heavy (non-hydrogen) atoms. The minimum absolute atomic E-state index is 0.0186. The molecule has 2 aromatic rings. The van der Waals surface area contributed by atoms with Crippen molar-refractivity contribution < 1.29 is 9.53 Å². The standard InChI is InChI=1S/C25H27N5O2/c1-5-6-13-32-17-9-7-16(8-10-17)28-22(31)25-12-11-24(4,23(25,2)3)20-21(25)30-19(15-27)18(14-26)29-20/h7-10H,5-6,11-13H2,1-4H3,(H,28,31). The van der Waals surface area contributed by atoms with Crippen molar-refractivity contribution in [1.29, 1.82) is 10.5 Å². The lowest BCUT2D eigenvalue weighted by Gasteiger charge is -2.39. The SMILES string of the molecule is CCCCOc1ccc(NC(=O)C23CCC(C)(c4nc(C#N)c(C#N)nc42)C3(C)C)cc1. The van der Waals surface area contributed by atoms with Crippen LogP contribution in [0.4, 0.5) is 5.69 Å². The smallest absolute Gasteiger partial charge is 0.237 e. The average molecular weight is 430 g/mol. The monoisotopic (exact) mass is 429 g/mol. The maximum absolute atomic E-state index is 13.8. The number of fused-ring (bicyclic) bond motifs is 5. The molecule has 2 aliphatic rings. The fourth-order valence-corrected chi connectivity index (χ4v) is 5.35. The number of carbonyl (C=O) groups excluding carboxylic acids is 1. The minimum Gasteiger partial charge on any atom is -0.494 e. The van der Waals surface area contributed by atoms with Crippen molar-refractivity contribution in [2.75, 3.05) is 11.9 Å². The predicted octanol–water partition coefficient (Wildman–Crippen LogP) is 4.37. The molecule has 2 atom stereocenters. The van der Waals surface area contributed by atoms with Gasteiger partial charge in [0.05, 0.1) is 23.4 Å². The second kappa shape index (κ2) is 7.60. The highest BCUT2D eigenvalue weighted by atomic mass is 16.5. The Bertz CT molecular complexity index is 1160. The fourth-order valence-electron chi connectivity index (χ4n) is 5.35. The van der Waals surface area contributed by atoms with Gasteiger partial charge in [-0.15, -0.1) is 0 Å². The van der Waals surface area contributed by atoms with Gasteiger partial charge in [-0.25, -0.2) is 9.97 Å². The number of rotatable bonds is 6. The van der Waals surface area contributed by atoms with Crippen LogP contribution in [0.2, 0.25) is 0 Å². The molecule has 1 aromatic heterocycles. The molecule has 1 saturated carbocycles. The topological polar surface area (TPSA) is 112 Å². The molecule has 0 spiro atoms. The molecule has 1 aromatic carbocycles. The van der Waals surface area contributed by atoms with Gasteiger partial charge in [0, 0.05) is 11.1 Å². The van der Waals surface area contributed by atoms with Gasteiger partial charge in [0.1, 0.15) is 17.9 Å². The van der Waals surface area contributed by atoms with Crippen molar-refractivity contribution in [3.05, 3.63) is 47.0 Å². The predicted molar refractivity (Wildman–Crippen MR) is 119 cm³/mol. The third kappa shape index (κ3) is 2.81. The summed E-state index contributed by atoms with van der Waals surface area (Å²) < 4.78 is 5.71. The molecule has 0 radical (unpaired) electrons. The molecule has 7 nitrogen and oxygen atoms in total. The first-order chi connectivity index (χ1) is 15.2. The van der Waals surface area contributed by atoms with Crippen LogP contribution in [-0.2, 0) is 15.6 Å². The molecule has 1 fully saturated rings. The Kier molecular flexibility index (Phi) is 5.17. The van der Waals surface area contributed by atoms with E-state index in [4.69, 9.17) is 4.74 Å². The van der Waals surface area contributed by atoms with E-state index < -0.39 is 16.2 Å². The summed E-state index contributed by atoms with van der Waals surface area (Å²) in [6.45, 7) is 8.98. The van der Waals surface area contributed by atoms with Crippen LogP contribution in [0.3, 0.4) is 0 Å². The number of ether oxygens (including phenoxy) is 1. The molecular weight excluding hydrogens is 402 g/mol. The van der Waals surface area contributed by atoms with E-state index in [1.54, 1.807) is 0 Å². The number of benzene rings is 1. The van der Waals surface area contributed by atoms with Gasteiger partial charge in [0.25, 0.3) is 0 Å². The van der Waals surface area contributed by atoms with Gasteiger partial charge in [0.15, 0.2) is 11.4 Å². The Balaban J connectivity index is 1.70. The van der Waals surface area contributed by atoms with Crippen LogP contribution in [-0.4, -0.2) is 22.5 Å². The lowest BCUT2D eigenvalue weighted by atomic mass is 9.63. The second-order valence-electron chi connectivity index (χ2n) is 9.38. The van der Waals surface area contributed by atoms with Crippen LogP contribution in [0.25, 0.3) is 0 Å². The summed E-state index contributed by atoms with van der Waals surface area (Å²) in [5.41, 5.74) is 0.0266. The summed E-state index contributed by atoms with van der Waals surface area (Å²) in [5.74, 6) is 0.607. The number of nitrogens with zero attached hydrogens (tertiary/aromatic N) is 4. The Morgan fingerprint density at radius 3 is 2.28 bits per heavy atom. The van der Waals surface area contributed by atoms with Gasteiger partial charge in [-0.1, -0.05) is 34.1 Å². The largest absolute Gasteiger partial charge is 0.494 e. The number of carbonyl (C=O) groups is 1. The molecule has 0 saturated heterocycles. The Morgan fingerprint density at radius 2 is 1.69 bits per heavy atom. The first-order valence-electron chi connectivity index (χ1n) is 11.0. The number of aromatic nitrogens is 2. The zero-order valence-corrected chi connectivity index (χ0v) is 19.0. The molecule has 1 N–H and O–H groups in total. The molecule has 2 bridgehead atoms. The molecule has 7 heteroatoms. The van der Waals surface area contributed by atoms with Crippen molar-refractivity contribution in [2.24, 2.45) is 5.41 Å². The van der Waals surface area contributed by atoms with Crippen molar-refractivity contribution in [3.8, 4) is 17.9 Å². The maximum Gasteiger partial charge on any atom is 0.237 e. The van der Waals surface area contributed by atoms with Gasteiger partial charge in [-0.2, -0.15) is 10.5 Å². The Labute approximate surface area is 188 Å². The summed E-state index contributed by atoms with van der Waals surface area (Å²) in [7, 11) is 0. The second-order valence-corrected chi connectivity index (χ2v) is 9.38. The summed E-state index contributed by atoms with van der Waals surface area (Å²) in [6, 6.07) is 11.3. The van der Waals surface area contributed by atoms with E-state index in [0.717, 1.165) is 25.0 Å². The van der Waals surface area contributed by atoms with Gasteiger partial charge >= 0.3 is 0 Å². The number of nitriles is 2. The minimum atomic E-state index is -0.931. The van der Waals surface area contributed by atoms with E-state index in [1.165, 1.54) is 0 Å². The maximum atomic E-state index is 13.8. The molecule has 2 unspecified atom stereocenters. The van der Waals surface area contributed by atoms with Crippen molar-refractivity contribution in [3.63, 3.8) is 0 Å². The Hall–Kier alpha value is -3.45. The number of nitrogens with one attached hydrogen (secondary N) is 1. The average Bonchev–Trinajstić information content (AvgIpc) is 3.09. The third-order valence-corrected chi connectivity index (χ3v) is 7.75. The molecular formula is C25H27N5O2. The van der Waals surface area contributed by atoms with Gasteiger partial charge < -0.3 is 10.1 Å². The van der Waals surface area contributed by atoms with E-state index >= 15 is 0 Å². The number of unbranched alkanes of at least 4 members (excludes halogenated alkanes) is 1. The van der Waals surface area contributed by atoms with Crippen molar-refractivity contribution >= 4 is 11.6 Å². The lowest BCUT2D eigenvalue weighted by Crippen LogP contribution is -2.48. The summed E-state index contributed by atoms with van der Waals surface area (Å²) in [5, 5.41) is 22.0. The van der Waals surface area contributed by atoms with E-state index in [0.29, 0.717) is 30.1 Å². The zero-order chi connectivity index (χ0) is 23.1. The van der Waals surface area contributed by atoms with E-state index in [9.17, 15) is 15.3 Å². The van der Waals surface area contributed by atoms with Crippen LogP contribution in [0.1, 0.15) is 76.2 Å². The van der Waals surface area contributed by atoms with Crippen molar-refractivity contribution in [1.82, 2.24) is 9.97 Å². The number of amides is 1. The highest BCUT2D eigenvalue weighted by Crippen LogP contribution is 2.70. The molecule has 4 rings (SSSR count). The van der Waals surface area contributed by atoms with E-state index in [-0.39, 0.29) is 17.3 Å². The molecule has 1 amide bonds. The summed E-state index contributed by atoms with van der Waals surface area (Å²) in [4.78, 5) is 22.9. The highest BCUT2D eigenvalue weighted by Gasteiger charge is 2.73. The highest BCUT2D eigenvalue weighted by molar-refractivity contribution is 6.01. The number of hydrogen-bond donors (Lipinski definition) is 1. The van der Waals surface area contributed by atoms with Crippen LogP contribution < -0.4 is 10.1 Å². The summed E-state index contributed by atoms with van der Waals surface area (Å²) >= 11 is 0. The van der Waals surface area contributed by atoms with Gasteiger partial charge in [0.2, 0.25) is 5.91 Å².